The summed E-state index contributed by atoms with van der Waals surface area (Å²) in [6, 6.07) is 7.43. The SMILES string of the molecule is Cc1ccccc2c(C)c(C(C)C)c(S(=O)(=O)[O-])c1-2.[Na+]. The van der Waals surface area contributed by atoms with Gasteiger partial charge in [-0.2, -0.15) is 0 Å². The zero-order chi connectivity index (χ0) is 14.4. The molecule has 20 heavy (non-hydrogen) atoms. The molecular formula is C15H17NaO3S. The van der Waals surface area contributed by atoms with Gasteiger partial charge in [-0.05, 0) is 42.0 Å². The van der Waals surface area contributed by atoms with Gasteiger partial charge in [-0.25, -0.2) is 8.42 Å². The number of aryl methyl sites for hydroxylation is 1. The molecule has 0 heterocycles. The van der Waals surface area contributed by atoms with Crippen molar-refractivity contribution in [1.82, 2.24) is 0 Å². The van der Waals surface area contributed by atoms with Crippen LogP contribution < -0.4 is 29.6 Å². The minimum Gasteiger partial charge on any atom is -0.744 e. The summed E-state index contributed by atoms with van der Waals surface area (Å²) < 4.78 is 35.1. The average molecular weight is 300 g/mol. The topological polar surface area (TPSA) is 57.2 Å². The van der Waals surface area contributed by atoms with Crippen LogP contribution in [0.25, 0.3) is 11.1 Å². The first kappa shape index (κ1) is 17.7. The maximum atomic E-state index is 11.7. The van der Waals surface area contributed by atoms with Gasteiger partial charge in [0.1, 0.15) is 10.1 Å². The van der Waals surface area contributed by atoms with Crippen LogP contribution in [0, 0.1) is 13.8 Å². The Hall–Kier alpha value is -0.390. The molecule has 0 radical (unpaired) electrons. The standard InChI is InChI=1S/C15H18O3S.Na/c1-9(2)13-11(4)12-8-6-5-7-10(3)14(12)15(13)19(16,17)18;/h5-9H,1-4H3,(H,16,17,18);/q;+1/p-1. The molecule has 102 valence electrons. The molecule has 0 aromatic rings. The van der Waals surface area contributed by atoms with E-state index in [4.69, 9.17) is 0 Å². The molecule has 0 atom stereocenters. The summed E-state index contributed by atoms with van der Waals surface area (Å²) in [5.41, 5.74) is 3.77. The van der Waals surface area contributed by atoms with Gasteiger partial charge >= 0.3 is 29.6 Å². The van der Waals surface area contributed by atoms with Crippen molar-refractivity contribution in [2.24, 2.45) is 0 Å². The third-order valence-corrected chi connectivity index (χ3v) is 4.41. The monoisotopic (exact) mass is 300 g/mol. The van der Waals surface area contributed by atoms with Crippen molar-refractivity contribution in [2.45, 2.75) is 38.5 Å². The van der Waals surface area contributed by atoms with Crippen molar-refractivity contribution in [3.05, 3.63) is 41.0 Å². The second-order valence-electron chi connectivity index (χ2n) is 5.17. The van der Waals surface area contributed by atoms with Crippen LogP contribution in [0.3, 0.4) is 0 Å². The van der Waals surface area contributed by atoms with E-state index < -0.39 is 10.1 Å². The summed E-state index contributed by atoms with van der Waals surface area (Å²) >= 11 is 0. The molecule has 0 spiro atoms. The normalized spacial score (nSPS) is 11.7. The molecule has 0 saturated carbocycles. The molecule has 0 saturated heterocycles. The van der Waals surface area contributed by atoms with Crippen molar-refractivity contribution >= 4 is 10.1 Å². The first-order valence-electron chi connectivity index (χ1n) is 6.22. The molecule has 0 N–H and O–H groups in total. The van der Waals surface area contributed by atoms with Crippen molar-refractivity contribution < 1.29 is 42.5 Å². The van der Waals surface area contributed by atoms with Crippen LogP contribution in [-0.4, -0.2) is 13.0 Å². The van der Waals surface area contributed by atoms with E-state index in [0.717, 1.165) is 16.7 Å². The van der Waals surface area contributed by atoms with E-state index in [1.54, 1.807) is 0 Å². The van der Waals surface area contributed by atoms with E-state index in [1.165, 1.54) is 0 Å². The Morgan fingerprint density at radius 3 is 2.15 bits per heavy atom. The summed E-state index contributed by atoms with van der Waals surface area (Å²) in [5.74, 6) is -0.00386. The van der Waals surface area contributed by atoms with Crippen LogP contribution in [0.5, 0.6) is 0 Å². The van der Waals surface area contributed by atoms with Gasteiger partial charge in [-0.1, -0.05) is 38.1 Å². The van der Waals surface area contributed by atoms with E-state index in [-0.39, 0.29) is 40.4 Å². The molecule has 0 amide bonds. The predicted octanol–water partition coefficient (Wildman–Crippen LogP) is 0.440. The molecule has 2 aliphatic carbocycles. The number of hydrogen-bond donors (Lipinski definition) is 0. The third-order valence-electron chi connectivity index (χ3n) is 3.49. The average Bonchev–Trinajstić information content (AvgIpc) is 2.44. The minimum absolute atomic E-state index is 0. The first-order chi connectivity index (χ1) is 8.75. The Balaban J connectivity index is 0.00000200. The molecule has 2 rings (SSSR count). The smallest absolute Gasteiger partial charge is 0.744 e. The van der Waals surface area contributed by atoms with Gasteiger partial charge in [0.2, 0.25) is 0 Å². The van der Waals surface area contributed by atoms with Crippen LogP contribution in [-0.2, 0) is 10.1 Å². The van der Waals surface area contributed by atoms with Gasteiger partial charge in [0.15, 0.2) is 0 Å². The van der Waals surface area contributed by atoms with Gasteiger partial charge < -0.3 is 4.55 Å². The molecule has 5 heteroatoms. The summed E-state index contributed by atoms with van der Waals surface area (Å²) in [6.45, 7) is 7.53. The van der Waals surface area contributed by atoms with Crippen molar-refractivity contribution in [2.75, 3.05) is 0 Å². The van der Waals surface area contributed by atoms with E-state index in [0.29, 0.717) is 11.1 Å². The molecule has 0 bridgehead atoms. The molecule has 0 aromatic heterocycles. The van der Waals surface area contributed by atoms with E-state index >= 15 is 0 Å². The number of fused-ring (bicyclic) bond motifs is 1. The van der Waals surface area contributed by atoms with Crippen LogP contribution in [0.2, 0.25) is 0 Å². The molecule has 2 aliphatic rings. The van der Waals surface area contributed by atoms with Gasteiger partial charge in [0.25, 0.3) is 0 Å². The summed E-state index contributed by atoms with van der Waals surface area (Å²) in [7, 11) is -4.49. The quantitative estimate of drug-likeness (QED) is 0.597. The first-order valence-corrected chi connectivity index (χ1v) is 7.63. The zero-order valence-electron chi connectivity index (χ0n) is 12.5. The molecule has 0 unspecified atom stereocenters. The Kier molecular flexibility index (Phi) is 5.44. The van der Waals surface area contributed by atoms with Crippen LogP contribution >= 0.6 is 0 Å². The fraction of sp³-hybridized carbons (Fsp3) is 0.333. The third kappa shape index (κ3) is 2.95. The van der Waals surface area contributed by atoms with Crippen LogP contribution in [0.4, 0.5) is 0 Å². The number of hydrogen-bond acceptors (Lipinski definition) is 3. The summed E-state index contributed by atoms with van der Waals surface area (Å²) in [6.07, 6.45) is 0. The largest absolute Gasteiger partial charge is 1.00 e. The van der Waals surface area contributed by atoms with Crippen molar-refractivity contribution in [3.8, 4) is 11.1 Å². The van der Waals surface area contributed by atoms with Gasteiger partial charge in [0.05, 0.1) is 4.90 Å². The number of rotatable bonds is 2. The van der Waals surface area contributed by atoms with E-state index in [2.05, 4.69) is 0 Å². The second-order valence-corrected chi connectivity index (χ2v) is 6.48. The minimum atomic E-state index is -4.49. The molecule has 0 aromatic carbocycles. The maximum Gasteiger partial charge on any atom is 1.00 e. The molecule has 0 aliphatic heterocycles. The predicted molar refractivity (Wildman–Crippen MR) is 74.6 cm³/mol. The Morgan fingerprint density at radius 2 is 1.65 bits per heavy atom. The summed E-state index contributed by atoms with van der Waals surface area (Å²) in [4.78, 5) is -0.0382. The summed E-state index contributed by atoms with van der Waals surface area (Å²) in [5, 5.41) is 0. The maximum absolute atomic E-state index is 11.7. The van der Waals surface area contributed by atoms with E-state index in [1.807, 2.05) is 52.0 Å². The van der Waals surface area contributed by atoms with Crippen molar-refractivity contribution in [1.29, 1.82) is 0 Å². The molecule has 0 fully saturated rings. The van der Waals surface area contributed by atoms with Gasteiger partial charge in [-0.15, -0.1) is 0 Å². The Morgan fingerprint density at radius 1 is 1.10 bits per heavy atom. The van der Waals surface area contributed by atoms with Crippen molar-refractivity contribution in [3.63, 3.8) is 0 Å². The Labute approximate surface area is 142 Å². The Bertz CT molecular complexity index is 706. The van der Waals surface area contributed by atoms with E-state index in [9.17, 15) is 13.0 Å². The van der Waals surface area contributed by atoms with Gasteiger partial charge in [0, 0.05) is 5.56 Å². The second kappa shape index (κ2) is 6.16. The molecule has 3 nitrogen and oxygen atoms in total. The van der Waals surface area contributed by atoms with Crippen LogP contribution in [0.15, 0.2) is 29.2 Å². The zero-order valence-corrected chi connectivity index (χ0v) is 15.3. The fourth-order valence-electron chi connectivity index (χ4n) is 2.75. The molecular weight excluding hydrogens is 283 g/mol. The van der Waals surface area contributed by atoms with Gasteiger partial charge in [-0.3, -0.25) is 0 Å². The van der Waals surface area contributed by atoms with Crippen LogP contribution in [0.1, 0.15) is 36.5 Å². The fourth-order valence-corrected chi connectivity index (χ4v) is 3.93.